The van der Waals surface area contributed by atoms with E-state index in [0.29, 0.717) is 13.2 Å². The van der Waals surface area contributed by atoms with Crippen molar-refractivity contribution in [3.05, 3.63) is 0 Å². The summed E-state index contributed by atoms with van der Waals surface area (Å²) in [4.78, 5) is 11.3. The fourth-order valence-electron chi connectivity index (χ4n) is 1.19. The van der Waals surface area contributed by atoms with Gasteiger partial charge in [0, 0.05) is 13.1 Å². The van der Waals surface area contributed by atoms with Gasteiger partial charge < -0.3 is 14.8 Å². The molecule has 1 aliphatic rings. The third kappa shape index (κ3) is 1.97. The molecule has 5 heteroatoms. The molecule has 1 unspecified atom stereocenters. The van der Waals surface area contributed by atoms with Gasteiger partial charge in [-0.1, -0.05) is 0 Å². The van der Waals surface area contributed by atoms with Crippen LogP contribution in [0.15, 0.2) is 0 Å². The molecule has 72 valence electrons. The summed E-state index contributed by atoms with van der Waals surface area (Å²) in [5.74, 6) is -0.538. The second-order valence-electron chi connectivity index (χ2n) is 2.91. The average molecular weight is 184 g/mol. The van der Waals surface area contributed by atoms with Crippen LogP contribution in [0, 0.1) is 16.7 Å². The van der Waals surface area contributed by atoms with E-state index >= 15 is 0 Å². The molecule has 0 spiro atoms. The number of hydrogen-bond donors (Lipinski definition) is 1. The van der Waals surface area contributed by atoms with Crippen molar-refractivity contribution in [3.63, 3.8) is 0 Å². The molecule has 0 aromatic carbocycles. The molecule has 0 aromatic rings. The fraction of sp³-hybridized carbons (Fsp3) is 0.750. The van der Waals surface area contributed by atoms with Crippen molar-refractivity contribution < 1.29 is 14.3 Å². The van der Waals surface area contributed by atoms with Crippen LogP contribution in [-0.4, -0.2) is 39.4 Å². The lowest BCUT2D eigenvalue weighted by Gasteiger charge is -2.20. The van der Waals surface area contributed by atoms with Crippen LogP contribution in [0.3, 0.4) is 0 Å². The van der Waals surface area contributed by atoms with E-state index in [-0.39, 0.29) is 13.2 Å². The lowest BCUT2D eigenvalue weighted by molar-refractivity contribution is -0.151. The van der Waals surface area contributed by atoms with Gasteiger partial charge in [-0.15, -0.1) is 0 Å². The van der Waals surface area contributed by atoms with Crippen LogP contribution in [0.5, 0.6) is 0 Å². The fourth-order valence-corrected chi connectivity index (χ4v) is 1.19. The van der Waals surface area contributed by atoms with Gasteiger partial charge in [0.15, 0.2) is 5.41 Å². The van der Waals surface area contributed by atoms with Crippen LogP contribution in [0.1, 0.15) is 0 Å². The predicted octanol–water partition coefficient (Wildman–Crippen LogP) is -0.711. The molecule has 0 radical (unpaired) electrons. The summed E-state index contributed by atoms with van der Waals surface area (Å²) in [6.45, 7) is 1.56. The van der Waals surface area contributed by atoms with Crippen molar-refractivity contribution in [2.75, 3.05) is 33.4 Å². The van der Waals surface area contributed by atoms with Gasteiger partial charge in [0.25, 0.3) is 0 Å². The van der Waals surface area contributed by atoms with Crippen LogP contribution in [0.25, 0.3) is 0 Å². The molecule has 5 nitrogen and oxygen atoms in total. The second kappa shape index (κ2) is 4.21. The third-order valence-corrected chi connectivity index (χ3v) is 1.99. The Morgan fingerprint density at radius 3 is 3.15 bits per heavy atom. The zero-order valence-electron chi connectivity index (χ0n) is 7.50. The zero-order chi connectivity index (χ0) is 9.73. The van der Waals surface area contributed by atoms with Gasteiger partial charge in [-0.2, -0.15) is 5.26 Å². The zero-order valence-corrected chi connectivity index (χ0v) is 7.50. The van der Waals surface area contributed by atoms with Crippen molar-refractivity contribution in [1.29, 1.82) is 5.26 Å². The number of carbonyl (C=O) groups is 1. The standard InChI is InChI=1S/C8H12N2O3/c1-12-7(11)8(4-9)5-10-2-3-13-6-8/h10H,2-3,5-6H2,1H3. The number of carbonyl (C=O) groups excluding carboxylic acids is 1. The SMILES string of the molecule is COC(=O)C1(C#N)CNCCOC1. The molecule has 0 saturated carbocycles. The van der Waals surface area contributed by atoms with Gasteiger partial charge in [-0.05, 0) is 0 Å². The molecule has 0 amide bonds. The van der Waals surface area contributed by atoms with Crippen LogP contribution in [0.4, 0.5) is 0 Å². The summed E-state index contributed by atoms with van der Waals surface area (Å²) in [5, 5.41) is 11.9. The highest BCUT2D eigenvalue weighted by Gasteiger charge is 2.41. The smallest absolute Gasteiger partial charge is 0.329 e. The highest BCUT2D eigenvalue weighted by Crippen LogP contribution is 2.19. The summed E-state index contributed by atoms with van der Waals surface area (Å²) in [6, 6.07) is 1.95. The molecule has 1 rings (SSSR count). The van der Waals surface area contributed by atoms with Gasteiger partial charge in [0.2, 0.25) is 0 Å². The number of rotatable bonds is 1. The largest absolute Gasteiger partial charge is 0.468 e. The molecule has 1 heterocycles. The van der Waals surface area contributed by atoms with E-state index in [1.54, 1.807) is 0 Å². The van der Waals surface area contributed by atoms with E-state index in [2.05, 4.69) is 10.1 Å². The first kappa shape index (κ1) is 9.96. The summed E-state index contributed by atoms with van der Waals surface area (Å²) in [7, 11) is 1.27. The Morgan fingerprint density at radius 2 is 2.54 bits per heavy atom. The number of nitrogens with zero attached hydrogens (tertiary/aromatic N) is 1. The predicted molar refractivity (Wildman–Crippen MR) is 43.8 cm³/mol. The van der Waals surface area contributed by atoms with Crippen molar-refractivity contribution in [1.82, 2.24) is 5.32 Å². The number of nitriles is 1. The summed E-state index contributed by atoms with van der Waals surface area (Å²) >= 11 is 0. The first-order chi connectivity index (χ1) is 6.25. The molecular weight excluding hydrogens is 172 g/mol. The first-order valence-corrected chi connectivity index (χ1v) is 4.03. The maximum absolute atomic E-state index is 11.3. The second-order valence-corrected chi connectivity index (χ2v) is 2.91. The van der Waals surface area contributed by atoms with E-state index in [9.17, 15) is 4.79 Å². The van der Waals surface area contributed by atoms with Crippen molar-refractivity contribution >= 4 is 5.97 Å². The van der Waals surface area contributed by atoms with E-state index in [1.165, 1.54) is 7.11 Å². The molecule has 0 aromatic heterocycles. The van der Waals surface area contributed by atoms with Crippen LogP contribution in [-0.2, 0) is 14.3 Å². The van der Waals surface area contributed by atoms with Gasteiger partial charge in [0.1, 0.15) is 0 Å². The van der Waals surface area contributed by atoms with Crippen molar-refractivity contribution in [2.45, 2.75) is 0 Å². The molecule has 1 atom stereocenters. The van der Waals surface area contributed by atoms with Crippen LogP contribution in [0.2, 0.25) is 0 Å². The number of methoxy groups -OCH3 is 1. The Labute approximate surface area is 76.6 Å². The summed E-state index contributed by atoms with van der Waals surface area (Å²) < 4.78 is 9.70. The van der Waals surface area contributed by atoms with E-state index in [4.69, 9.17) is 10.00 Å². The Hall–Kier alpha value is -1.12. The molecule has 0 bridgehead atoms. The van der Waals surface area contributed by atoms with E-state index in [1.807, 2.05) is 6.07 Å². The Bertz CT molecular complexity index is 226. The third-order valence-electron chi connectivity index (χ3n) is 1.99. The minimum absolute atomic E-state index is 0.100. The van der Waals surface area contributed by atoms with E-state index in [0.717, 1.165) is 0 Å². The van der Waals surface area contributed by atoms with Gasteiger partial charge in [-0.3, -0.25) is 4.79 Å². The Kier molecular flexibility index (Phi) is 3.23. The summed E-state index contributed by atoms with van der Waals surface area (Å²) in [6.07, 6.45) is 0. The lowest BCUT2D eigenvalue weighted by atomic mass is 9.91. The number of nitrogens with one attached hydrogen (secondary N) is 1. The van der Waals surface area contributed by atoms with Gasteiger partial charge >= 0.3 is 5.97 Å². The maximum atomic E-state index is 11.3. The Morgan fingerprint density at radius 1 is 1.77 bits per heavy atom. The highest BCUT2D eigenvalue weighted by atomic mass is 16.5. The summed E-state index contributed by atoms with van der Waals surface area (Å²) in [5.41, 5.74) is -1.18. The van der Waals surface area contributed by atoms with E-state index < -0.39 is 11.4 Å². The number of esters is 1. The maximum Gasteiger partial charge on any atom is 0.329 e. The quantitative estimate of drug-likeness (QED) is 0.545. The van der Waals surface area contributed by atoms with Gasteiger partial charge in [-0.25, -0.2) is 0 Å². The molecule has 13 heavy (non-hydrogen) atoms. The molecule has 1 fully saturated rings. The molecule has 1 aliphatic heterocycles. The monoisotopic (exact) mass is 184 g/mol. The van der Waals surface area contributed by atoms with Gasteiger partial charge in [0.05, 0.1) is 26.4 Å². The minimum Gasteiger partial charge on any atom is -0.468 e. The number of hydrogen-bond acceptors (Lipinski definition) is 5. The lowest BCUT2D eigenvalue weighted by Crippen LogP contribution is -2.42. The topological polar surface area (TPSA) is 71.4 Å². The van der Waals surface area contributed by atoms with Crippen molar-refractivity contribution in [3.8, 4) is 6.07 Å². The molecule has 1 saturated heterocycles. The minimum atomic E-state index is -1.18. The average Bonchev–Trinajstić information content (AvgIpc) is 2.42. The van der Waals surface area contributed by atoms with Crippen LogP contribution >= 0.6 is 0 Å². The first-order valence-electron chi connectivity index (χ1n) is 4.03. The molecular formula is C8H12N2O3. The van der Waals surface area contributed by atoms with Crippen molar-refractivity contribution in [2.24, 2.45) is 5.41 Å². The molecule has 1 N–H and O–H groups in total. The van der Waals surface area contributed by atoms with Crippen LogP contribution < -0.4 is 5.32 Å². The Balaban J connectivity index is 2.78. The highest BCUT2D eigenvalue weighted by molar-refractivity contribution is 5.80. The number of ether oxygens (including phenoxy) is 2. The molecule has 0 aliphatic carbocycles. The normalized spacial score (nSPS) is 28.6.